The van der Waals surface area contributed by atoms with E-state index in [1.165, 1.54) is 5.56 Å². The predicted octanol–water partition coefficient (Wildman–Crippen LogP) is 4.63. The number of pyridine rings is 1. The molecule has 0 amide bonds. The van der Waals surface area contributed by atoms with Crippen LogP contribution in [0.25, 0.3) is 27.2 Å². The molecule has 0 aliphatic heterocycles. The lowest BCUT2D eigenvalue weighted by Gasteiger charge is -2.13. The number of aromatic amines is 1. The maximum atomic E-state index is 9.20. The minimum atomic E-state index is 0.639. The number of para-hydroxylation sites is 1. The van der Waals surface area contributed by atoms with E-state index in [9.17, 15) is 5.26 Å². The molecule has 0 radical (unpaired) electrons. The van der Waals surface area contributed by atoms with Crippen molar-refractivity contribution in [1.82, 2.24) is 9.97 Å². The summed E-state index contributed by atoms with van der Waals surface area (Å²) in [6.45, 7) is 0. The molecule has 2 heterocycles. The van der Waals surface area contributed by atoms with Crippen LogP contribution in [0, 0.1) is 11.3 Å². The van der Waals surface area contributed by atoms with Crippen molar-refractivity contribution in [3.05, 3.63) is 59.4 Å². The maximum absolute atomic E-state index is 9.20. The van der Waals surface area contributed by atoms with Crippen LogP contribution in [0.2, 0.25) is 0 Å². The largest absolute Gasteiger partial charge is 0.359 e. The van der Waals surface area contributed by atoms with E-state index in [1.807, 2.05) is 36.5 Å². The van der Waals surface area contributed by atoms with Crippen LogP contribution >= 0.6 is 11.6 Å². The number of fused-ring (bicyclic) bond motifs is 2. The number of allylic oxidation sites excluding steroid dienone is 1. The highest BCUT2D eigenvalue weighted by Gasteiger charge is 2.16. The summed E-state index contributed by atoms with van der Waals surface area (Å²) in [6, 6.07) is 12.0. The second-order valence-corrected chi connectivity index (χ2v) is 5.74. The van der Waals surface area contributed by atoms with Crippen LogP contribution in [0.3, 0.4) is 0 Å². The number of nitrogens with one attached hydrogen (secondary N) is 1. The molecule has 0 saturated carbocycles. The van der Waals surface area contributed by atoms with E-state index in [4.69, 9.17) is 16.6 Å². The molecule has 0 spiro atoms. The Kier molecular flexibility index (Phi) is 2.99. The third kappa shape index (κ3) is 1.93. The number of nitrogens with zero attached hydrogens (tertiary/aromatic N) is 2. The van der Waals surface area contributed by atoms with E-state index in [1.54, 1.807) is 0 Å². The third-order valence-electron chi connectivity index (χ3n) is 4.05. The van der Waals surface area contributed by atoms with Crippen molar-refractivity contribution >= 4 is 27.5 Å². The summed E-state index contributed by atoms with van der Waals surface area (Å²) in [5, 5.41) is 10.9. The normalized spacial score (nSPS) is 13.5. The van der Waals surface area contributed by atoms with E-state index in [2.05, 4.69) is 17.1 Å². The van der Waals surface area contributed by atoms with Gasteiger partial charge in [0.05, 0.1) is 27.5 Å². The van der Waals surface area contributed by atoms with Gasteiger partial charge in [-0.2, -0.15) is 5.26 Å². The molecule has 1 aliphatic rings. The number of H-pyrrole nitrogens is 1. The SMILES string of the molecule is N#Cc1cccc2c(-c3ccc4c(n3)C(Cl)=CCC4)c[nH]c12. The topological polar surface area (TPSA) is 52.5 Å². The standard InChI is InChI=1S/C18H12ClN3/c19-15-6-2-3-11-7-8-16(22-18(11)15)14-10-21-17-12(9-20)4-1-5-13(14)17/h1,4-8,10,21H,2-3H2. The van der Waals surface area contributed by atoms with E-state index in [-0.39, 0.29) is 0 Å². The lowest BCUT2D eigenvalue weighted by molar-refractivity contribution is 0.962. The molecule has 4 rings (SSSR count). The number of aromatic nitrogens is 2. The Labute approximate surface area is 132 Å². The zero-order valence-corrected chi connectivity index (χ0v) is 12.5. The molecule has 4 heteroatoms. The van der Waals surface area contributed by atoms with Crippen molar-refractivity contribution < 1.29 is 0 Å². The maximum Gasteiger partial charge on any atom is 0.101 e. The van der Waals surface area contributed by atoms with Crippen LogP contribution in [0.15, 0.2) is 42.6 Å². The first kappa shape index (κ1) is 13.1. The van der Waals surface area contributed by atoms with Crippen LogP contribution in [0.1, 0.15) is 23.2 Å². The van der Waals surface area contributed by atoms with Crippen molar-refractivity contribution in [3.63, 3.8) is 0 Å². The molecule has 3 nitrogen and oxygen atoms in total. The molecular formula is C18H12ClN3. The zero-order chi connectivity index (χ0) is 15.1. The van der Waals surface area contributed by atoms with Gasteiger partial charge in [-0.25, -0.2) is 4.98 Å². The Morgan fingerprint density at radius 1 is 1.23 bits per heavy atom. The number of hydrogen-bond donors (Lipinski definition) is 1. The molecule has 22 heavy (non-hydrogen) atoms. The first-order chi connectivity index (χ1) is 10.8. The highest BCUT2D eigenvalue weighted by atomic mass is 35.5. The van der Waals surface area contributed by atoms with Crippen molar-refractivity contribution in [1.29, 1.82) is 5.26 Å². The predicted molar refractivity (Wildman–Crippen MR) is 88.4 cm³/mol. The molecule has 0 saturated heterocycles. The lowest BCUT2D eigenvalue weighted by Crippen LogP contribution is -2.00. The molecule has 0 bridgehead atoms. The van der Waals surface area contributed by atoms with Gasteiger partial charge in [0.2, 0.25) is 0 Å². The Balaban J connectivity index is 1.92. The Morgan fingerprint density at radius 2 is 2.14 bits per heavy atom. The zero-order valence-electron chi connectivity index (χ0n) is 11.7. The number of benzene rings is 1. The third-order valence-corrected chi connectivity index (χ3v) is 4.39. The van der Waals surface area contributed by atoms with Gasteiger partial charge in [-0.15, -0.1) is 0 Å². The molecule has 0 fully saturated rings. The van der Waals surface area contributed by atoms with Gasteiger partial charge in [-0.05, 0) is 30.5 Å². The Morgan fingerprint density at radius 3 is 3.00 bits per heavy atom. The minimum Gasteiger partial charge on any atom is -0.359 e. The Hall–Kier alpha value is -2.57. The number of rotatable bonds is 1. The van der Waals surface area contributed by atoms with Crippen LogP contribution in [0.4, 0.5) is 0 Å². The summed E-state index contributed by atoms with van der Waals surface area (Å²) in [6.07, 6.45) is 5.86. The second kappa shape index (κ2) is 5.01. The average molecular weight is 306 g/mol. The Bertz CT molecular complexity index is 960. The monoisotopic (exact) mass is 305 g/mol. The van der Waals surface area contributed by atoms with Crippen LogP contribution < -0.4 is 0 Å². The van der Waals surface area contributed by atoms with Crippen LogP contribution in [-0.2, 0) is 6.42 Å². The van der Waals surface area contributed by atoms with Gasteiger partial charge in [-0.3, -0.25) is 0 Å². The van der Waals surface area contributed by atoms with Gasteiger partial charge >= 0.3 is 0 Å². The smallest absolute Gasteiger partial charge is 0.101 e. The molecular weight excluding hydrogens is 294 g/mol. The first-order valence-electron chi connectivity index (χ1n) is 7.14. The minimum absolute atomic E-state index is 0.639. The van der Waals surface area contributed by atoms with Gasteiger partial charge in [0, 0.05) is 17.1 Å². The summed E-state index contributed by atoms with van der Waals surface area (Å²) in [4.78, 5) is 7.93. The number of halogens is 1. The highest BCUT2D eigenvalue weighted by Crippen LogP contribution is 2.33. The molecule has 106 valence electrons. The molecule has 2 aromatic heterocycles. The van der Waals surface area contributed by atoms with E-state index in [0.717, 1.165) is 45.7 Å². The first-order valence-corrected chi connectivity index (χ1v) is 7.52. The van der Waals surface area contributed by atoms with Crippen molar-refractivity contribution in [2.75, 3.05) is 0 Å². The van der Waals surface area contributed by atoms with Crippen molar-refractivity contribution in [2.45, 2.75) is 12.8 Å². The molecule has 1 aromatic carbocycles. The second-order valence-electron chi connectivity index (χ2n) is 5.34. The van der Waals surface area contributed by atoms with Gasteiger partial charge in [0.15, 0.2) is 0 Å². The summed E-state index contributed by atoms with van der Waals surface area (Å²) >= 11 is 6.29. The van der Waals surface area contributed by atoms with Gasteiger partial charge in [0.25, 0.3) is 0 Å². The van der Waals surface area contributed by atoms with Crippen molar-refractivity contribution in [2.24, 2.45) is 0 Å². The van der Waals surface area contributed by atoms with Gasteiger partial charge < -0.3 is 4.98 Å². The fraction of sp³-hybridized carbons (Fsp3) is 0.111. The van der Waals surface area contributed by atoms with E-state index >= 15 is 0 Å². The van der Waals surface area contributed by atoms with Gasteiger partial charge in [-0.1, -0.05) is 35.9 Å². The fourth-order valence-corrected chi connectivity index (χ4v) is 3.23. The molecule has 3 aromatic rings. The summed E-state index contributed by atoms with van der Waals surface area (Å²) in [5.41, 5.74) is 5.41. The van der Waals surface area contributed by atoms with E-state index < -0.39 is 0 Å². The quantitative estimate of drug-likeness (QED) is 0.712. The summed E-state index contributed by atoms with van der Waals surface area (Å²) < 4.78 is 0. The summed E-state index contributed by atoms with van der Waals surface area (Å²) in [5.74, 6) is 0. The van der Waals surface area contributed by atoms with Crippen LogP contribution in [-0.4, -0.2) is 9.97 Å². The summed E-state index contributed by atoms with van der Waals surface area (Å²) in [7, 11) is 0. The fourth-order valence-electron chi connectivity index (χ4n) is 2.96. The number of hydrogen-bond acceptors (Lipinski definition) is 2. The molecule has 0 unspecified atom stereocenters. The lowest BCUT2D eigenvalue weighted by atomic mass is 10.00. The van der Waals surface area contributed by atoms with Gasteiger partial charge in [0.1, 0.15) is 6.07 Å². The molecule has 1 N–H and O–H groups in total. The highest BCUT2D eigenvalue weighted by molar-refractivity contribution is 6.48. The molecule has 0 atom stereocenters. The number of nitriles is 1. The number of aryl methyl sites for hydroxylation is 1. The van der Waals surface area contributed by atoms with Crippen LogP contribution in [0.5, 0.6) is 0 Å². The average Bonchev–Trinajstić information content (AvgIpc) is 2.99. The van der Waals surface area contributed by atoms with Crippen molar-refractivity contribution in [3.8, 4) is 17.3 Å². The molecule has 1 aliphatic carbocycles. The van der Waals surface area contributed by atoms with E-state index in [0.29, 0.717) is 5.56 Å².